The van der Waals surface area contributed by atoms with E-state index in [2.05, 4.69) is 34.6 Å². The molecule has 9 heteroatoms. The van der Waals surface area contributed by atoms with Crippen LogP contribution in [0.5, 0.6) is 0 Å². The number of aliphatic imine (C=N–C) groups is 1. The highest BCUT2D eigenvalue weighted by Gasteiger charge is 2.27. The van der Waals surface area contributed by atoms with Crippen LogP contribution in [0.15, 0.2) is 15.6 Å². The van der Waals surface area contributed by atoms with Crippen LogP contribution >= 0.6 is 24.0 Å². The number of hydrogen-bond donors (Lipinski definition) is 2. The molecule has 1 unspecified atom stereocenters. The minimum absolute atomic E-state index is 0. The number of hydrogen-bond acceptors (Lipinski definition) is 5. The summed E-state index contributed by atoms with van der Waals surface area (Å²) in [5.74, 6) is 2.46. The zero-order valence-corrected chi connectivity index (χ0v) is 22.9. The summed E-state index contributed by atoms with van der Waals surface area (Å²) in [7, 11) is 1.76. The number of ether oxygens (including phenoxy) is 1. The van der Waals surface area contributed by atoms with Gasteiger partial charge in [0.1, 0.15) is 5.60 Å². The van der Waals surface area contributed by atoms with Crippen molar-refractivity contribution in [3.63, 3.8) is 0 Å². The third-order valence-corrected chi connectivity index (χ3v) is 5.65. The van der Waals surface area contributed by atoms with Gasteiger partial charge in [0.2, 0.25) is 0 Å². The Balaban J connectivity index is 0.00000512. The number of nitrogens with zero attached hydrogens (tertiary/aromatic N) is 3. The van der Waals surface area contributed by atoms with Crippen molar-refractivity contribution < 1.29 is 14.1 Å². The van der Waals surface area contributed by atoms with Crippen molar-refractivity contribution >= 4 is 36.0 Å². The van der Waals surface area contributed by atoms with Crippen molar-refractivity contribution in [2.45, 2.75) is 84.8 Å². The Morgan fingerprint density at radius 3 is 2.69 bits per heavy atom. The molecule has 0 aromatic carbocycles. The molecule has 2 heterocycles. The lowest BCUT2D eigenvalue weighted by Crippen LogP contribution is -2.44. The number of likely N-dealkylation sites (tertiary alicyclic amines) is 1. The highest BCUT2D eigenvalue weighted by molar-refractivity contribution is 14.0. The molecule has 1 aliphatic heterocycles. The normalized spacial score (nSPS) is 17.2. The Morgan fingerprint density at radius 1 is 1.34 bits per heavy atom. The van der Waals surface area contributed by atoms with E-state index in [1.54, 1.807) is 7.05 Å². The Kier molecular flexibility index (Phi) is 12.4. The van der Waals surface area contributed by atoms with Gasteiger partial charge in [-0.3, -0.25) is 4.99 Å². The van der Waals surface area contributed by atoms with Crippen molar-refractivity contribution in [3.8, 4) is 0 Å². The molecule has 184 valence electrons. The number of piperidine rings is 1. The SMILES string of the molecule is CCC(CC)c1cc(CNC(=NC)NCCC2CCCN(C(=O)OC(C)(C)C)C2)on1.I. The second-order valence-corrected chi connectivity index (χ2v) is 9.31. The van der Waals surface area contributed by atoms with Gasteiger partial charge in [-0.15, -0.1) is 24.0 Å². The van der Waals surface area contributed by atoms with Crippen molar-refractivity contribution in [1.29, 1.82) is 0 Å². The number of halogens is 1. The molecule has 32 heavy (non-hydrogen) atoms. The summed E-state index contributed by atoms with van der Waals surface area (Å²) >= 11 is 0. The fraction of sp³-hybridized carbons (Fsp3) is 0.783. The Hall–Kier alpha value is -1.52. The highest BCUT2D eigenvalue weighted by Crippen LogP contribution is 2.23. The third-order valence-electron chi connectivity index (χ3n) is 5.65. The van der Waals surface area contributed by atoms with Gasteiger partial charge in [-0.05, 0) is 58.8 Å². The number of rotatable bonds is 8. The second kappa shape index (κ2) is 13.9. The Morgan fingerprint density at radius 2 is 2.06 bits per heavy atom. The predicted octanol–water partition coefficient (Wildman–Crippen LogP) is 4.90. The smallest absolute Gasteiger partial charge is 0.410 e. The van der Waals surface area contributed by atoms with Crippen LogP contribution in [0, 0.1) is 5.92 Å². The molecule has 0 spiro atoms. The van der Waals surface area contributed by atoms with Crippen LogP contribution in [0.2, 0.25) is 0 Å². The minimum atomic E-state index is -0.456. The number of carbonyl (C=O) groups is 1. The molecule has 0 aliphatic carbocycles. The highest BCUT2D eigenvalue weighted by atomic mass is 127. The summed E-state index contributed by atoms with van der Waals surface area (Å²) in [5.41, 5.74) is 0.568. The van der Waals surface area contributed by atoms with E-state index in [1.807, 2.05) is 31.7 Å². The molecule has 1 fully saturated rings. The molecule has 0 bridgehead atoms. The first-order chi connectivity index (χ1) is 14.8. The monoisotopic (exact) mass is 563 g/mol. The van der Waals surface area contributed by atoms with Crippen LogP contribution < -0.4 is 10.6 Å². The molecule has 1 saturated heterocycles. The van der Waals surface area contributed by atoms with Crippen LogP contribution in [0.25, 0.3) is 0 Å². The average molecular weight is 564 g/mol. The maximum Gasteiger partial charge on any atom is 0.410 e. The number of nitrogens with one attached hydrogen (secondary N) is 2. The maximum atomic E-state index is 12.3. The van der Waals surface area contributed by atoms with E-state index in [0.29, 0.717) is 18.4 Å². The fourth-order valence-corrected chi connectivity index (χ4v) is 3.89. The fourth-order valence-electron chi connectivity index (χ4n) is 3.89. The zero-order valence-electron chi connectivity index (χ0n) is 20.6. The largest absolute Gasteiger partial charge is 0.444 e. The molecular weight excluding hydrogens is 521 g/mol. The lowest BCUT2D eigenvalue weighted by molar-refractivity contribution is 0.0162. The van der Waals surface area contributed by atoms with Gasteiger partial charge in [0.05, 0.1) is 12.2 Å². The van der Waals surface area contributed by atoms with Gasteiger partial charge < -0.3 is 24.8 Å². The first-order valence-electron chi connectivity index (χ1n) is 11.6. The molecule has 0 radical (unpaired) electrons. The second-order valence-electron chi connectivity index (χ2n) is 9.31. The maximum absolute atomic E-state index is 12.3. The van der Waals surface area contributed by atoms with Gasteiger partial charge in [-0.1, -0.05) is 19.0 Å². The van der Waals surface area contributed by atoms with Gasteiger partial charge >= 0.3 is 6.09 Å². The van der Waals surface area contributed by atoms with E-state index < -0.39 is 5.60 Å². The zero-order chi connectivity index (χ0) is 22.9. The first-order valence-corrected chi connectivity index (χ1v) is 11.6. The molecule has 2 N–H and O–H groups in total. The van der Waals surface area contributed by atoms with Crippen LogP contribution in [0.4, 0.5) is 4.79 Å². The summed E-state index contributed by atoms with van der Waals surface area (Å²) < 4.78 is 11.0. The summed E-state index contributed by atoms with van der Waals surface area (Å²) in [6.07, 6.45) is 5.03. The van der Waals surface area contributed by atoms with Crippen LogP contribution in [0.1, 0.15) is 84.1 Å². The van der Waals surface area contributed by atoms with Gasteiger partial charge in [0.25, 0.3) is 0 Å². The molecule has 1 aromatic rings. The lowest BCUT2D eigenvalue weighted by atomic mass is 9.95. The summed E-state index contributed by atoms with van der Waals surface area (Å²) in [6, 6.07) is 2.03. The molecule has 8 nitrogen and oxygen atoms in total. The van der Waals surface area contributed by atoms with Crippen LogP contribution in [-0.2, 0) is 11.3 Å². The minimum Gasteiger partial charge on any atom is -0.444 e. The molecule has 2 rings (SSSR count). The number of guanidine groups is 1. The third kappa shape index (κ3) is 9.54. The van der Waals surface area contributed by atoms with E-state index in [1.165, 1.54) is 0 Å². The van der Waals surface area contributed by atoms with Crippen LogP contribution in [0.3, 0.4) is 0 Å². The number of aromatic nitrogens is 1. The van der Waals surface area contributed by atoms with Crippen molar-refractivity contribution in [1.82, 2.24) is 20.7 Å². The summed E-state index contributed by atoms with van der Waals surface area (Å²) in [4.78, 5) is 18.5. The topological polar surface area (TPSA) is 92.0 Å². The van der Waals surface area contributed by atoms with Gasteiger partial charge in [-0.25, -0.2) is 4.79 Å². The van der Waals surface area contributed by atoms with Gasteiger partial charge in [0, 0.05) is 38.7 Å². The van der Waals surface area contributed by atoms with E-state index in [-0.39, 0.29) is 30.1 Å². The molecule has 1 amide bonds. The van der Waals surface area contributed by atoms with E-state index >= 15 is 0 Å². The Bertz CT molecular complexity index is 713. The summed E-state index contributed by atoms with van der Waals surface area (Å²) in [6.45, 7) is 12.9. The first kappa shape index (κ1) is 28.5. The molecule has 1 aromatic heterocycles. The molecule has 1 atom stereocenters. The van der Waals surface area contributed by atoms with Crippen molar-refractivity contribution in [2.75, 3.05) is 26.7 Å². The standard InChI is InChI=1S/C23H41N5O3.HI/c1-7-18(8-2)20-14-19(31-27-20)15-26-21(24-6)25-12-11-17-10-9-13-28(16-17)22(29)30-23(3,4)5;/h14,17-18H,7-13,15-16H2,1-6H3,(H2,24,25,26);1H. The van der Waals surface area contributed by atoms with E-state index in [0.717, 1.165) is 69.2 Å². The van der Waals surface area contributed by atoms with E-state index in [4.69, 9.17) is 9.26 Å². The average Bonchev–Trinajstić information content (AvgIpc) is 3.19. The van der Waals surface area contributed by atoms with E-state index in [9.17, 15) is 4.79 Å². The summed E-state index contributed by atoms with van der Waals surface area (Å²) in [5, 5.41) is 10.9. The molecular formula is C23H42IN5O3. The quantitative estimate of drug-likeness (QED) is 0.266. The number of carbonyl (C=O) groups excluding carboxylic acids is 1. The predicted molar refractivity (Wildman–Crippen MR) is 139 cm³/mol. The van der Waals surface area contributed by atoms with Crippen molar-refractivity contribution in [3.05, 3.63) is 17.5 Å². The molecule has 0 saturated carbocycles. The number of amides is 1. The van der Waals surface area contributed by atoms with Crippen LogP contribution in [-0.4, -0.2) is 54.4 Å². The van der Waals surface area contributed by atoms with Gasteiger partial charge in [0.15, 0.2) is 11.7 Å². The van der Waals surface area contributed by atoms with Gasteiger partial charge in [-0.2, -0.15) is 0 Å². The lowest BCUT2D eigenvalue weighted by Gasteiger charge is -2.34. The Labute approximate surface area is 210 Å². The molecule has 1 aliphatic rings. The van der Waals surface area contributed by atoms with Crippen molar-refractivity contribution in [2.24, 2.45) is 10.9 Å².